The molecule has 0 aliphatic carbocycles. The third-order valence-corrected chi connectivity index (χ3v) is 3.76. The number of hydrogen-bond donors (Lipinski definition) is 1. The molecule has 2 heterocycles. The SMILES string of the molecule is Cc1cc(C)c(-c2ccc3ncc(CN)n3n2)cc1C. The van der Waals surface area contributed by atoms with Crippen molar-refractivity contribution in [2.24, 2.45) is 5.73 Å². The summed E-state index contributed by atoms with van der Waals surface area (Å²) >= 11 is 0. The molecule has 20 heavy (non-hydrogen) atoms. The van der Waals surface area contributed by atoms with Crippen molar-refractivity contribution in [1.82, 2.24) is 14.6 Å². The van der Waals surface area contributed by atoms with Crippen molar-refractivity contribution in [3.05, 3.63) is 52.8 Å². The number of nitrogens with two attached hydrogens (primary N) is 1. The predicted octanol–water partition coefficient (Wildman–Crippen LogP) is 2.78. The van der Waals surface area contributed by atoms with Crippen molar-refractivity contribution >= 4 is 5.65 Å². The van der Waals surface area contributed by atoms with E-state index < -0.39 is 0 Å². The second-order valence-electron chi connectivity index (χ2n) is 5.19. The summed E-state index contributed by atoms with van der Waals surface area (Å²) in [6, 6.07) is 8.39. The van der Waals surface area contributed by atoms with Crippen molar-refractivity contribution in [1.29, 1.82) is 0 Å². The number of fused-ring (bicyclic) bond motifs is 1. The minimum atomic E-state index is 0.434. The van der Waals surface area contributed by atoms with Crippen LogP contribution in [0.4, 0.5) is 0 Å². The van der Waals surface area contributed by atoms with E-state index in [2.05, 4.69) is 43.0 Å². The van der Waals surface area contributed by atoms with Gasteiger partial charge in [-0.1, -0.05) is 6.07 Å². The highest BCUT2D eigenvalue weighted by Crippen LogP contribution is 2.25. The summed E-state index contributed by atoms with van der Waals surface area (Å²) in [6.45, 7) is 6.80. The lowest BCUT2D eigenvalue weighted by Crippen LogP contribution is -2.04. The zero-order valence-electron chi connectivity index (χ0n) is 12.0. The Hall–Kier alpha value is -2.20. The summed E-state index contributed by atoms with van der Waals surface area (Å²) in [5.41, 5.74) is 13.4. The first-order chi connectivity index (χ1) is 9.60. The molecule has 0 bridgehead atoms. The topological polar surface area (TPSA) is 56.2 Å². The van der Waals surface area contributed by atoms with Gasteiger partial charge < -0.3 is 5.73 Å². The lowest BCUT2D eigenvalue weighted by atomic mass is 9.99. The molecule has 2 aromatic heterocycles. The van der Waals surface area contributed by atoms with Gasteiger partial charge in [0.1, 0.15) is 0 Å². The minimum Gasteiger partial charge on any atom is -0.325 e. The first-order valence-electron chi connectivity index (χ1n) is 6.72. The molecule has 0 amide bonds. The van der Waals surface area contributed by atoms with Crippen LogP contribution in [0.5, 0.6) is 0 Å². The van der Waals surface area contributed by atoms with Gasteiger partial charge in [0.05, 0.1) is 17.6 Å². The van der Waals surface area contributed by atoms with Crippen molar-refractivity contribution in [2.45, 2.75) is 27.3 Å². The third kappa shape index (κ3) is 1.98. The van der Waals surface area contributed by atoms with E-state index in [-0.39, 0.29) is 0 Å². The van der Waals surface area contributed by atoms with Gasteiger partial charge in [0.15, 0.2) is 5.65 Å². The Kier molecular flexibility index (Phi) is 3.03. The number of hydrogen-bond acceptors (Lipinski definition) is 3. The number of benzene rings is 1. The normalized spacial score (nSPS) is 11.2. The fraction of sp³-hybridized carbons (Fsp3) is 0.250. The van der Waals surface area contributed by atoms with Crippen LogP contribution in [0.25, 0.3) is 16.9 Å². The van der Waals surface area contributed by atoms with E-state index in [1.165, 1.54) is 16.7 Å². The van der Waals surface area contributed by atoms with Gasteiger partial charge in [-0.3, -0.25) is 0 Å². The average Bonchev–Trinajstić information content (AvgIpc) is 2.85. The zero-order chi connectivity index (χ0) is 14.3. The smallest absolute Gasteiger partial charge is 0.153 e. The molecule has 4 heteroatoms. The molecule has 0 unspecified atom stereocenters. The summed E-state index contributed by atoms with van der Waals surface area (Å²) in [6.07, 6.45) is 1.78. The number of rotatable bonds is 2. The maximum absolute atomic E-state index is 5.72. The van der Waals surface area contributed by atoms with Crippen LogP contribution >= 0.6 is 0 Å². The molecule has 0 spiro atoms. The lowest BCUT2D eigenvalue weighted by Gasteiger charge is -2.10. The van der Waals surface area contributed by atoms with Crippen LogP contribution in [-0.4, -0.2) is 14.6 Å². The number of imidazole rings is 1. The Morgan fingerprint density at radius 1 is 1.05 bits per heavy atom. The molecule has 0 saturated carbocycles. The molecule has 0 fully saturated rings. The second kappa shape index (κ2) is 4.72. The predicted molar refractivity (Wildman–Crippen MR) is 80.5 cm³/mol. The highest BCUT2D eigenvalue weighted by molar-refractivity contribution is 5.66. The Bertz CT molecular complexity index is 787. The van der Waals surface area contributed by atoms with Crippen LogP contribution in [0.3, 0.4) is 0 Å². The van der Waals surface area contributed by atoms with E-state index in [1.807, 2.05) is 16.6 Å². The standard InChI is InChI=1S/C16H18N4/c1-10-6-12(3)14(7-11(10)2)15-4-5-16-18-9-13(8-17)20(16)19-15/h4-7,9H,8,17H2,1-3H3. The summed E-state index contributed by atoms with van der Waals surface area (Å²) in [4.78, 5) is 4.30. The van der Waals surface area contributed by atoms with Crippen LogP contribution in [0.2, 0.25) is 0 Å². The molecule has 0 aliphatic rings. The zero-order valence-corrected chi connectivity index (χ0v) is 12.0. The summed E-state index contributed by atoms with van der Waals surface area (Å²) in [7, 11) is 0. The molecule has 3 aromatic rings. The Morgan fingerprint density at radius 3 is 2.55 bits per heavy atom. The number of nitrogens with zero attached hydrogens (tertiary/aromatic N) is 3. The van der Waals surface area contributed by atoms with Gasteiger partial charge in [-0.15, -0.1) is 0 Å². The van der Waals surface area contributed by atoms with Crippen LogP contribution in [0, 0.1) is 20.8 Å². The number of aromatic nitrogens is 3. The van der Waals surface area contributed by atoms with Gasteiger partial charge in [-0.05, 0) is 55.7 Å². The fourth-order valence-electron chi connectivity index (χ4n) is 2.44. The van der Waals surface area contributed by atoms with Gasteiger partial charge in [-0.25, -0.2) is 9.50 Å². The van der Waals surface area contributed by atoms with Crippen LogP contribution in [-0.2, 0) is 6.54 Å². The Labute approximate surface area is 118 Å². The Balaban J connectivity index is 2.21. The van der Waals surface area contributed by atoms with Crippen molar-refractivity contribution in [2.75, 3.05) is 0 Å². The van der Waals surface area contributed by atoms with E-state index in [9.17, 15) is 0 Å². The molecule has 0 aliphatic heterocycles. The molecule has 1 aromatic carbocycles. The molecular formula is C16H18N4. The molecule has 0 atom stereocenters. The Morgan fingerprint density at radius 2 is 1.80 bits per heavy atom. The van der Waals surface area contributed by atoms with E-state index in [4.69, 9.17) is 5.73 Å². The molecule has 0 saturated heterocycles. The number of aryl methyl sites for hydroxylation is 3. The summed E-state index contributed by atoms with van der Waals surface area (Å²) in [5.74, 6) is 0. The van der Waals surface area contributed by atoms with E-state index in [0.717, 1.165) is 22.6 Å². The molecule has 0 radical (unpaired) electrons. The van der Waals surface area contributed by atoms with E-state index in [0.29, 0.717) is 6.54 Å². The quantitative estimate of drug-likeness (QED) is 0.776. The fourth-order valence-corrected chi connectivity index (χ4v) is 2.44. The monoisotopic (exact) mass is 266 g/mol. The van der Waals surface area contributed by atoms with E-state index >= 15 is 0 Å². The second-order valence-corrected chi connectivity index (χ2v) is 5.19. The molecule has 102 valence electrons. The first kappa shape index (κ1) is 12.8. The summed E-state index contributed by atoms with van der Waals surface area (Å²) < 4.78 is 1.82. The van der Waals surface area contributed by atoms with Crippen molar-refractivity contribution in [3.63, 3.8) is 0 Å². The highest BCUT2D eigenvalue weighted by Gasteiger charge is 2.09. The maximum Gasteiger partial charge on any atom is 0.153 e. The maximum atomic E-state index is 5.72. The first-order valence-corrected chi connectivity index (χ1v) is 6.72. The molecule has 2 N–H and O–H groups in total. The van der Waals surface area contributed by atoms with Crippen LogP contribution in [0.1, 0.15) is 22.4 Å². The van der Waals surface area contributed by atoms with Gasteiger partial charge in [0, 0.05) is 12.1 Å². The van der Waals surface area contributed by atoms with Gasteiger partial charge in [-0.2, -0.15) is 5.10 Å². The summed E-state index contributed by atoms with van der Waals surface area (Å²) in [5, 5.41) is 4.68. The molecule has 3 rings (SSSR count). The van der Waals surface area contributed by atoms with Gasteiger partial charge in [0.2, 0.25) is 0 Å². The van der Waals surface area contributed by atoms with Crippen LogP contribution in [0.15, 0.2) is 30.5 Å². The third-order valence-electron chi connectivity index (χ3n) is 3.76. The van der Waals surface area contributed by atoms with Crippen molar-refractivity contribution in [3.8, 4) is 11.3 Å². The van der Waals surface area contributed by atoms with Gasteiger partial charge in [0.25, 0.3) is 0 Å². The average molecular weight is 266 g/mol. The largest absolute Gasteiger partial charge is 0.325 e. The lowest BCUT2D eigenvalue weighted by molar-refractivity contribution is 0.849. The van der Waals surface area contributed by atoms with E-state index in [1.54, 1.807) is 6.20 Å². The molecular weight excluding hydrogens is 248 g/mol. The van der Waals surface area contributed by atoms with Crippen molar-refractivity contribution < 1.29 is 0 Å². The minimum absolute atomic E-state index is 0.434. The van der Waals surface area contributed by atoms with Crippen LogP contribution < -0.4 is 5.73 Å². The molecule has 4 nitrogen and oxygen atoms in total. The highest BCUT2D eigenvalue weighted by atomic mass is 15.3. The van der Waals surface area contributed by atoms with Gasteiger partial charge >= 0.3 is 0 Å².